The van der Waals surface area contributed by atoms with Crippen molar-refractivity contribution in [3.63, 3.8) is 0 Å². The normalized spacial score (nSPS) is 13.7. The Labute approximate surface area is 101 Å². The first kappa shape index (κ1) is 13.6. The van der Waals surface area contributed by atoms with Gasteiger partial charge in [-0.15, -0.1) is 10.2 Å². The number of nitrogens with zero attached hydrogens (tertiary/aromatic N) is 3. The van der Waals surface area contributed by atoms with Crippen molar-refractivity contribution in [1.29, 1.82) is 0 Å². The van der Waals surface area contributed by atoms with E-state index in [-0.39, 0.29) is 12.2 Å². The van der Waals surface area contributed by atoms with Crippen LogP contribution in [0.1, 0.15) is 38.5 Å². The van der Waals surface area contributed by atoms with E-state index in [1.165, 1.54) is 0 Å². The van der Waals surface area contributed by atoms with Crippen LogP contribution in [0.5, 0.6) is 0 Å². The van der Waals surface area contributed by atoms with Crippen LogP contribution >= 0.6 is 0 Å². The van der Waals surface area contributed by atoms with Crippen LogP contribution in [-0.4, -0.2) is 38.0 Å². The lowest BCUT2D eigenvalue weighted by Crippen LogP contribution is -2.30. The second-order valence-electron chi connectivity index (χ2n) is 4.94. The molecule has 0 spiro atoms. The van der Waals surface area contributed by atoms with Crippen LogP contribution in [0, 0.1) is 13.8 Å². The van der Waals surface area contributed by atoms with Crippen molar-refractivity contribution in [2.45, 2.75) is 46.3 Å². The Kier molecular flexibility index (Phi) is 3.87. The van der Waals surface area contributed by atoms with E-state index in [0.717, 1.165) is 0 Å². The van der Waals surface area contributed by atoms with Crippen LogP contribution < -0.4 is 0 Å². The van der Waals surface area contributed by atoms with Gasteiger partial charge in [-0.05, 0) is 34.6 Å². The highest BCUT2D eigenvalue weighted by atomic mass is 16.5. The molecule has 0 aliphatic heterocycles. The molecule has 0 bridgehead atoms. The molecule has 0 aliphatic carbocycles. The van der Waals surface area contributed by atoms with Gasteiger partial charge in [-0.2, -0.15) is 0 Å². The molecule has 1 unspecified atom stereocenters. The fourth-order valence-electron chi connectivity index (χ4n) is 1.51. The summed E-state index contributed by atoms with van der Waals surface area (Å²) in [6.07, 6.45) is 0. The van der Waals surface area contributed by atoms with Gasteiger partial charge in [0.05, 0.1) is 12.2 Å². The molecular weight excluding hydrogens is 222 g/mol. The molecule has 96 valence electrons. The van der Waals surface area contributed by atoms with Crippen LogP contribution in [0.3, 0.4) is 0 Å². The quantitative estimate of drug-likeness (QED) is 0.860. The maximum atomic E-state index is 11.3. The predicted molar refractivity (Wildman–Crippen MR) is 61.9 cm³/mol. The molecule has 0 aromatic carbocycles. The number of hydrogen-bond acceptors (Lipinski definition) is 4. The van der Waals surface area contributed by atoms with E-state index >= 15 is 0 Å². The molecule has 1 atom stereocenters. The van der Waals surface area contributed by atoms with Crippen LogP contribution in [0.4, 0.5) is 0 Å². The zero-order valence-electron chi connectivity index (χ0n) is 10.9. The summed E-state index contributed by atoms with van der Waals surface area (Å²) in [4.78, 5) is 11.3. The maximum absolute atomic E-state index is 11.3. The Balaban J connectivity index is 2.91. The third kappa shape index (κ3) is 3.52. The zero-order chi connectivity index (χ0) is 13.2. The summed E-state index contributed by atoms with van der Waals surface area (Å²) in [6.45, 7) is 9.21. The Morgan fingerprint density at radius 3 is 2.18 bits per heavy atom. The summed E-state index contributed by atoms with van der Waals surface area (Å²) < 4.78 is 7.11. The average molecular weight is 241 g/mol. The number of rotatable bonds is 4. The van der Waals surface area contributed by atoms with Crippen molar-refractivity contribution in [2.75, 3.05) is 6.61 Å². The Bertz CT molecular complexity index is 387. The van der Waals surface area contributed by atoms with Gasteiger partial charge in [0.2, 0.25) is 0 Å². The second kappa shape index (κ2) is 4.83. The lowest BCUT2D eigenvalue weighted by Gasteiger charge is -2.24. The molecule has 1 rings (SSSR count). The van der Waals surface area contributed by atoms with Gasteiger partial charge >= 0.3 is 5.97 Å². The molecular formula is C11H19N3O3. The Hall–Kier alpha value is -1.43. The van der Waals surface area contributed by atoms with Crippen molar-refractivity contribution in [3.8, 4) is 0 Å². The third-order valence-electron chi connectivity index (χ3n) is 2.31. The average Bonchev–Trinajstić information content (AvgIpc) is 2.47. The van der Waals surface area contributed by atoms with Gasteiger partial charge < -0.3 is 9.84 Å². The minimum atomic E-state index is -0.944. The van der Waals surface area contributed by atoms with Gasteiger partial charge in [-0.1, -0.05) is 0 Å². The summed E-state index contributed by atoms with van der Waals surface area (Å²) >= 11 is 0. The van der Waals surface area contributed by atoms with Gasteiger partial charge in [-0.25, -0.2) is 4.79 Å². The van der Waals surface area contributed by atoms with Gasteiger partial charge in [0, 0.05) is 0 Å². The van der Waals surface area contributed by atoms with Crippen LogP contribution in [0.15, 0.2) is 0 Å². The predicted octanol–water partition coefficient (Wildman–Crippen LogP) is 1.34. The molecule has 17 heavy (non-hydrogen) atoms. The number of carboxylic acids is 1. The summed E-state index contributed by atoms with van der Waals surface area (Å²) in [5.74, 6) is 0.208. The summed E-state index contributed by atoms with van der Waals surface area (Å²) in [7, 11) is 0. The lowest BCUT2D eigenvalue weighted by atomic mass is 10.2. The summed E-state index contributed by atoms with van der Waals surface area (Å²) in [5.41, 5.74) is -0.372. The molecule has 0 radical (unpaired) electrons. The van der Waals surface area contributed by atoms with Crippen LogP contribution in [0.25, 0.3) is 0 Å². The van der Waals surface area contributed by atoms with E-state index in [4.69, 9.17) is 4.74 Å². The molecule has 1 aromatic rings. The number of aryl methyl sites for hydroxylation is 2. The molecule has 6 heteroatoms. The fourth-order valence-corrected chi connectivity index (χ4v) is 1.51. The first-order chi connectivity index (χ1) is 7.72. The standard InChI is InChI=1S/C11H19N3O3/c1-7-12-13-8(2)14(7)9(10(15)16)6-17-11(3,4)5/h9H,6H2,1-5H3,(H,15,16). The number of ether oxygens (including phenoxy) is 1. The van der Waals surface area contributed by atoms with Crippen molar-refractivity contribution in [2.24, 2.45) is 0 Å². The summed E-state index contributed by atoms with van der Waals surface area (Å²) in [6, 6.07) is -0.788. The number of aliphatic carboxylic acids is 1. The highest BCUT2D eigenvalue weighted by Crippen LogP contribution is 2.16. The van der Waals surface area contributed by atoms with Crippen molar-refractivity contribution in [1.82, 2.24) is 14.8 Å². The highest BCUT2D eigenvalue weighted by molar-refractivity contribution is 5.72. The van der Waals surface area contributed by atoms with Gasteiger partial charge in [-0.3, -0.25) is 4.57 Å². The fraction of sp³-hybridized carbons (Fsp3) is 0.727. The number of hydrogen-bond donors (Lipinski definition) is 1. The molecule has 0 saturated heterocycles. The molecule has 0 saturated carbocycles. The van der Waals surface area contributed by atoms with E-state index in [1.54, 1.807) is 18.4 Å². The first-order valence-electron chi connectivity index (χ1n) is 5.47. The number of carbonyl (C=O) groups is 1. The highest BCUT2D eigenvalue weighted by Gasteiger charge is 2.26. The van der Waals surface area contributed by atoms with Crippen molar-refractivity contribution in [3.05, 3.63) is 11.6 Å². The minimum absolute atomic E-state index is 0.0958. The molecule has 0 amide bonds. The van der Waals surface area contributed by atoms with E-state index in [9.17, 15) is 9.90 Å². The molecule has 1 aromatic heterocycles. The SMILES string of the molecule is Cc1nnc(C)n1C(COC(C)(C)C)C(=O)O. The molecule has 6 nitrogen and oxygen atoms in total. The summed E-state index contributed by atoms with van der Waals surface area (Å²) in [5, 5.41) is 17.0. The van der Waals surface area contributed by atoms with E-state index in [0.29, 0.717) is 11.6 Å². The van der Waals surface area contributed by atoms with Gasteiger partial charge in [0.1, 0.15) is 11.6 Å². The smallest absolute Gasteiger partial charge is 0.329 e. The zero-order valence-corrected chi connectivity index (χ0v) is 10.9. The third-order valence-corrected chi connectivity index (χ3v) is 2.31. The molecule has 1 N–H and O–H groups in total. The Morgan fingerprint density at radius 1 is 1.35 bits per heavy atom. The Morgan fingerprint density at radius 2 is 1.82 bits per heavy atom. The monoisotopic (exact) mass is 241 g/mol. The van der Waals surface area contributed by atoms with E-state index in [2.05, 4.69) is 10.2 Å². The van der Waals surface area contributed by atoms with E-state index in [1.807, 2.05) is 20.8 Å². The molecule has 1 heterocycles. The van der Waals surface area contributed by atoms with Gasteiger partial charge in [0.15, 0.2) is 6.04 Å². The lowest BCUT2D eigenvalue weighted by molar-refractivity contribution is -0.144. The van der Waals surface area contributed by atoms with Gasteiger partial charge in [0.25, 0.3) is 0 Å². The largest absolute Gasteiger partial charge is 0.480 e. The molecule has 0 aliphatic rings. The van der Waals surface area contributed by atoms with Crippen molar-refractivity contribution >= 4 is 5.97 Å². The number of aromatic nitrogens is 3. The molecule has 0 fully saturated rings. The maximum Gasteiger partial charge on any atom is 0.329 e. The van der Waals surface area contributed by atoms with Crippen molar-refractivity contribution < 1.29 is 14.6 Å². The second-order valence-corrected chi connectivity index (χ2v) is 4.94. The topological polar surface area (TPSA) is 77.2 Å². The van der Waals surface area contributed by atoms with E-state index < -0.39 is 12.0 Å². The number of carboxylic acid groups (broad SMARTS) is 1. The van der Waals surface area contributed by atoms with Crippen LogP contribution in [-0.2, 0) is 9.53 Å². The first-order valence-corrected chi connectivity index (χ1v) is 5.47. The minimum Gasteiger partial charge on any atom is -0.480 e. The van der Waals surface area contributed by atoms with Crippen LogP contribution in [0.2, 0.25) is 0 Å².